The summed E-state index contributed by atoms with van der Waals surface area (Å²) in [5, 5.41) is 19.6. The maximum absolute atomic E-state index is 11.6. The summed E-state index contributed by atoms with van der Waals surface area (Å²) >= 11 is 0. The topological polar surface area (TPSA) is 124 Å². The minimum atomic E-state index is -1.13. The molecular formula is C11H16N4O4. The van der Waals surface area contributed by atoms with Gasteiger partial charge in [0, 0.05) is 11.3 Å². The smallest absolute Gasteiger partial charge is 0.322 e. The van der Waals surface area contributed by atoms with Crippen LogP contribution in [0.5, 0.6) is 0 Å². The lowest BCUT2D eigenvalue weighted by Crippen LogP contribution is -2.39. The molecule has 4 N–H and O–H groups in total. The Bertz CT molecular complexity index is 475. The largest absolute Gasteiger partial charge is 0.480 e. The maximum atomic E-state index is 11.6. The van der Waals surface area contributed by atoms with Gasteiger partial charge in [-0.15, -0.1) is 0 Å². The molecule has 8 heteroatoms. The summed E-state index contributed by atoms with van der Waals surface area (Å²) < 4.78 is 0. The molecule has 8 nitrogen and oxygen atoms in total. The molecule has 1 heterocycles. The minimum Gasteiger partial charge on any atom is -0.480 e. The molecule has 0 unspecified atom stereocenters. The number of rotatable bonds is 6. The third-order valence-corrected chi connectivity index (χ3v) is 2.50. The van der Waals surface area contributed by atoms with Gasteiger partial charge >= 0.3 is 5.97 Å². The number of carbonyl (C=O) groups excluding carboxylic acids is 2. The fraction of sp³-hybridized carbons (Fsp3) is 0.455. The second-order valence-corrected chi connectivity index (χ2v) is 4.04. The first-order chi connectivity index (χ1) is 8.90. The van der Waals surface area contributed by atoms with E-state index in [1.54, 1.807) is 6.92 Å². The Morgan fingerprint density at radius 2 is 1.79 bits per heavy atom. The Kier molecular flexibility index (Phi) is 5.04. The van der Waals surface area contributed by atoms with Crippen LogP contribution in [0.1, 0.15) is 17.0 Å². The van der Waals surface area contributed by atoms with E-state index in [1.165, 1.54) is 0 Å². The second kappa shape index (κ2) is 6.53. The number of hydrogen-bond donors (Lipinski definition) is 4. The van der Waals surface area contributed by atoms with Crippen molar-refractivity contribution in [3.63, 3.8) is 0 Å². The van der Waals surface area contributed by atoms with E-state index in [2.05, 4.69) is 20.8 Å². The average molecular weight is 268 g/mol. The van der Waals surface area contributed by atoms with Crippen molar-refractivity contribution >= 4 is 17.8 Å². The highest BCUT2D eigenvalue weighted by molar-refractivity contribution is 5.87. The number of aliphatic carboxylic acids is 1. The second-order valence-electron chi connectivity index (χ2n) is 4.04. The van der Waals surface area contributed by atoms with E-state index in [9.17, 15) is 14.4 Å². The van der Waals surface area contributed by atoms with Crippen LogP contribution >= 0.6 is 0 Å². The molecule has 0 aliphatic heterocycles. The van der Waals surface area contributed by atoms with Gasteiger partial charge < -0.3 is 15.7 Å². The van der Waals surface area contributed by atoms with Crippen LogP contribution < -0.4 is 10.6 Å². The summed E-state index contributed by atoms with van der Waals surface area (Å²) in [5.74, 6) is -2.00. The number of amides is 2. The van der Waals surface area contributed by atoms with Crippen LogP contribution in [0.25, 0.3) is 0 Å². The summed E-state index contributed by atoms with van der Waals surface area (Å²) in [4.78, 5) is 33.0. The van der Waals surface area contributed by atoms with Gasteiger partial charge in [-0.25, -0.2) is 0 Å². The Labute approximate surface area is 109 Å². The van der Waals surface area contributed by atoms with Crippen LogP contribution in [-0.4, -0.2) is 46.2 Å². The number of nitrogens with one attached hydrogen (secondary N) is 3. The van der Waals surface area contributed by atoms with Crippen molar-refractivity contribution in [2.45, 2.75) is 20.3 Å². The van der Waals surface area contributed by atoms with Crippen molar-refractivity contribution in [3.05, 3.63) is 17.0 Å². The molecule has 2 amide bonds. The van der Waals surface area contributed by atoms with Crippen molar-refractivity contribution in [3.8, 4) is 0 Å². The van der Waals surface area contributed by atoms with Crippen LogP contribution in [0, 0.1) is 13.8 Å². The van der Waals surface area contributed by atoms with Crippen molar-refractivity contribution in [2.75, 3.05) is 13.1 Å². The normalized spacial score (nSPS) is 10.0. The fourth-order valence-corrected chi connectivity index (χ4v) is 1.47. The van der Waals surface area contributed by atoms with Crippen LogP contribution in [0.3, 0.4) is 0 Å². The number of aryl methyl sites for hydroxylation is 2. The van der Waals surface area contributed by atoms with Crippen molar-refractivity contribution in [1.82, 2.24) is 20.8 Å². The first-order valence-electron chi connectivity index (χ1n) is 5.65. The number of H-pyrrole nitrogens is 1. The van der Waals surface area contributed by atoms with Gasteiger partial charge in [-0.2, -0.15) is 5.10 Å². The number of hydrogen-bond acceptors (Lipinski definition) is 4. The van der Waals surface area contributed by atoms with Crippen LogP contribution in [-0.2, 0) is 20.8 Å². The summed E-state index contributed by atoms with van der Waals surface area (Å²) in [6.45, 7) is 2.88. The molecule has 1 aromatic rings. The van der Waals surface area contributed by atoms with Gasteiger partial charge in [0.1, 0.15) is 6.54 Å². The van der Waals surface area contributed by atoms with E-state index in [1.807, 2.05) is 6.92 Å². The lowest BCUT2D eigenvalue weighted by molar-refractivity contribution is -0.137. The van der Waals surface area contributed by atoms with Gasteiger partial charge in [0.15, 0.2) is 0 Å². The van der Waals surface area contributed by atoms with Gasteiger partial charge in [-0.3, -0.25) is 19.5 Å². The molecule has 0 saturated carbocycles. The van der Waals surface area contributed by atoms with Crippen molar-refractivity contribution in [1.29, 1.82) is 0 Å². The van der Waals surface area contributed by atoms with Gasteiger partial charge in [0.25, 0.3) is 0 Å². The monoisotopic (exact) mass is 268 g/mol. The quantitative estimate of drug-likeness (QED) is 0.520. The van der Waals surface area contributed by atoms with Crippen molar-refractivity contribution < 1.29 is 19.5 Å². The number of carbonyl (C=O) groups is 3. The Morgan fingerprint density at radius 3 is 2.32 bits per heavy atom. The molecule has 0 aliphatic carbocycles. The minimum absolute atomic E-state index is 0.125. The zero-order valence-electron chi connectivity index (χ0n) is 10.7. The summed E-state index contributed by atoms with van der Waals surface area (Å²) in [7, 11) is 0. The predicted molar refractivity (Wildman–Crippen MR) is 65.4 cm³/mol. The van der Waals surface area contributed by atoms with E-state index in [4.69, 9.17) is 5.11 Å². The van der Waals surface area contributed by atoms with E-state index < -0.39 is 18.4 Å². The molecule has 1 aromatic heterocycles. The molecular weight excluding hydrogens is 252 g/mol. The molecule has 19 heavy (non-hydrogen) atoms. The molecule has 0 spiro atoms. The van der Waals surface area contributed by atoms with Crippen LogP contribution in [0.4, 0.5) is 0 Å². The molecule has 1 rings (SSSR count). The lowest BCUT2D eigenvalue weighted by Gasteiger charge is -2.05. The summed E-state index contributed by atoms with van der Waals surface area (Å²) in [5.41, 5.74) is 2.34. The van der Waals surface area contributed by atoms with Gasteiger partial charge in [-0.1, -0.05) is 0 Å². The average Bonchev–Trinajstić information content (AvgIpc) is 2.65. The lowest BCUT2D eigenvalue weighted by atomic mass is 10.1. The van der Waals surface area contributed by atoms with E-state index in [0.717, 1.165) is 17.0 Å². The van der Waals surface area contributed by atoms with E-state index in [-0.39, 0.29) is 18.9 Å². The summed E-state index contributed by atoms with van der Waals surface area (Å²) in [6, 6.07) is 0. The molecule has 0 fully saturated rings. The number of aromatic amines is 1. The standard InChI is InChI=1S/C11H16N4O4/c1-6-8(7(2)15-14-6)3-9(16)12-4-10(17)13-5-11(18)19/h3-5H2,1-2H3,(H,12,16)(H,13,17)(H,14,15)(H,18,19). The number of carboxylic acids is 1. The zero-order chi connectivity index (χ0) is 14.4. The molecule has 0 bridgehead atoms. The van der Waals surface area contributed by atoms with Crippen LogP contribution in [0.15, 0.2) is 0 Å². The highest BCUT2D eigenvalue weighted by Gasteiger charge is 2.12. The SMILES string of the molecule is Cc1n[nH]c(C)c1CC(=O)NCC(=O)NCC(=O)O. The number of carboxylic acid groups (broad SMARTS) is 1. The first kappa shape index (κ1) is 14.7. The van der Waals surface area contributed by atoms with Gasteiger partial charge in [0.05, 0.1) is 18.7 Å². The molecule has 104 valence electrons. The van der Waals surface area contributed by atoms with Gasteiger partial charge in [0.2, 0.25) is 11.8 Å². The number of aromatic nitrogens is 2. The maximum Gasteiger partial charge on any atom is 0.322 e. The van der Waals surface area contributed by atoms with Gasteiger partial charge in [-0.05, 0) is 13.8 Å². The number of nitrogens with zero attached hydrogens (tertiary/aromatic N) is 1. The Morgan fingerprint density at radius 1 is 1.16 bits per heavy atom. The third-order valence-electron chi connectivity index (χ3n) is 2.50. The third kappa shape index (κ3) is 4.78. The highest BCUT2D eigenvalue weighted by atomic mass is 16.4. The van der Waals surface area contributed by atoms with Crippen molar-refractivity contribution in [2.24, 2.45) is 0 Å². The predicted octanol–water partition coefficient (Wildman–Crippen LogP) is -1.11. The molecule has 0 saturated heterocycles. The molecule has 0 atom stereocenters. The van der Waals surface area contributed by atoms with E-state index >= 15 is 0 Å². The van der Waals surface area contributed by atoms with Crippen LogP contribution in [0.2, 0.25) is 0 Å². The first-order valence-corrected chi connectivity index (χ1v) is 5.65. The summed E-state index contributed by atoms with van der Waals surface area (Å²) in [6.07, 6.45) is 0.125. The van der Waals surface area contributed by atoms with E-state index in [0.29, 0.717) is 0 Å². The zero-order valence-corrected chi connectivity index (χ0v) is 10.7. The highest BCUT2D eigenvalue weighted by Crippen LogP contribution is 2.09. The fourth-order valence-electron chi connectivity index (χ4n) is 1.47. The molecule has 0 radical (unpaired) electrons. The molecule has 0 aromatic carbocycles. The Balaban J connectivity index is 2.36. The Hall–Kier alpha value is -2.38. The molecule has 0 aliphatic rings.